The number of hydrogen-bond acceptors (Lipinski definition) is 5. The standard InChI is InChI=1S/C18H19N5O3/c1-12-10-13(2)23(20-12)17(25)11-22-16(24)9-8-15(21-22)18(26)19-14-6-4-3-5-7-14/h3-7,10H,8-9,11H2,1-2H3,(H,19,26). The van der Waals surface area contributed by atoms with Gasteiger partial charge in [-0.3, -0.25) is 14.4 Å². The number of nitrogens with zero attached hydrogens (tertiary/aromatic N) is 4. The summed E-state index contributed by atoms with van der Waals surface area (Å²) in [5, 5.41) is 12.0. The fourth-order valence-corrected chi connectivity index (χ4v) is 2.69. The van der Waals surface area contributed by atoms with Gasteiger partial charge in [-0.05, 0) is 32.0 Å². The van der Waals surface area contributed by atoms with E-state index in [2.05, 4.69) is 15.5 Å². The summed E-state index contributed by atoms with van der Waals surface area (Å²) in [7, 11) is 0. The average molecular weight is 353 g/mol. The molecule has 0 saturated heterocycles. The molecule has 0 atom stereocenters. The number of rotatable bonds is 4. The molecule has 1 aromatic heterocycles. The van der Waals surface area contributed by atoms with E-state index >= 15 is 0 Å². The molecule has 0 saturated carbocycles. The Labute approximate surface area is 150 Å². The van der Waals surface area contributed by atoms with E-state index in [9.17, 15) is 14.4 Å². The van der Waals surface area contributed by atoms with Gasteiger partial charge in [0.25, 0.3) is 11.8 Å². The summed E-state index contributed by atoms with van der Waals surface area (Å²) >= 11 is 0. The highest BCUT2D eigenvalue weighted by Gasteiger charge is 2.27. The van der Waals surface area contributed by atoms with E-state index in [-0.39, 0.29) is 42.8 Å². The molecule has 0 spiro atoms. The highest BCUT2D eigenvalue weighted by atomic mass is 16.2. The van der Waals surface area contributed by atoms with Gasteiger partial charge in [0.15, 0.2) is 0 Å². The molecule has 0 aliphatic carbocycles. The maximum absolute atomic E-state index is 12.4. The van der Waals surface area contributed by atoms with E-state index in [1.165, 1.54) is 4.68 Å². The molecule has 0 bridgehead atoms. The molecule has 0 radical (unpaired) electrons. The number of benzene rings is 1. The predicted molar refractivity (Wildman–Crippen MR) is 95.8 cm³/mol. The summed E-state index contributed by atoms with van der Waals surface area (Å²) in [6.45, 7) is 3.29. The summed E-state index contributed by atoms with van der Waals surface area (Å²) in [6.07, 6.45) is 0.369. The van der Waals surface area contributed by atoms with Crippen LogP contribution in [0, 0.1) is 13.8 Å². The van der Waals surface area contributed by atoms with Crippen molar-refractivity contribution in [3.63, 3.8) is 0 Å². The van der Waals surface area contributed by atoms with Crippen LogP contribution >= 0.6 is 0 Å². The largest absolute Gasteiger partial charge is 0.321 e. The first-order chi connectivity index (χ1) is 12.4. The number of aromatic nitrogens is 2. The van der Waals surface area contributed by atoms with E-state index < -0.39 is 0 Å². The Morgan fingerprint density at radius 1 is 1.15 bits per heavy atom. The van der Waals surface area contributed by atoms with E-state index in [0.717, 1.165) is 5.01 Å². The molecule has 2 aromatic rings. The first-order valence-electron chi connectivity index (χ1n) is 8.25. The van der Waals surface area contributed by atoms with Gasteiger partial charge in [-0.25, -0.2) is 9.69 Å². The number of hydrogen-bond donors (Lipinski definition) is 1. The molecule has 8 nitrogen and oxygen atoms in total. The molecule has 3 rings (SSSR count). The van der Waals surface area contributed by atoms with Gasteiger partial charge in [0, 0.05) is 24.2 Å². The van der Waals surface area contributed by atoms with Crippen molar-refractivity contribution in [2.75, 3.05) is 11.9 Å². The first-order valence-corrected chi connectivity index (χ1v) is 8.25. The van der Waals surface area contributed by atoms with Gasteiger partial charge >= 0.3 is 0 Å². The van der Waals surface area contributed by atoms with Crippen molar-refractivity contribution < 1.29 is 14.4 Å². The fourth-order valence-electron chi connectivity index (χ4n) is 2.69. The Hall–Kier alpha value is -3.29. The molecule has 134 valence electrons. The summed E-state index contributed by atoms with van der Waals surface area (Å²) in [5.74, 6) is -1.05. The van der Waals surface area contributed by atoms with Crippen LogP contribution in [0.2, 0.25) is 0 Å². The fraction of sp³-hybridized carbons (Fsp3) is 0.278. The molecule has 0 fully saturated rings. The molecule has 2 amide bonds. The van der Waals surface area contributed by atoms with Crippen molar-refractivity contribution in [3.8, 4) is 0 Å². The molecule has 8 heteroatoms. The van der Waals surface area contributed by atoms with Crippen LogP contribution in [0.3, 0.4) is 0 Å². The van der Waals surface area contributed by atoms with E-state index in [0.29, 0.717) is 17.1 Å². The lowest BCUT2D eigenvalue weighted by Crippen LogP contribution is -2.40. The average Bonchev–Trinajstić information content (AvgIpc) is 2.96. The first kappa shape index (κ1) is 17.5. The van der Waals surface area contributed by atoms with Crippen LogP contribution in [0.15, 0.2) is 41.5 Å². The van der Waals surface area contributed by atoms with Crippen molar-refractivity contribution in [1.29, 1.82) is 0 Å². The maximum atomic E-state index is 12.4. The minimum Gasteiger partial charge on any atom is -0.321 e. The normalized spacial score (nSPS) is 14.2. The van der Waals surface area contributed by atoms with Crippen molar-refractivity contribution in [3.05, 3.63) is 47.8 Å². The minimum absolute atomic E-state index is 0.130. The summed E-state index contributed by atoms with van der Waals surface area (Å²) in [5.41, 5.74) is 2.26. The molecular weight excluding hydrogens is 334 g/mol. The van der Waals surface area contributed by atoms with Gasteiger partial charge in [0.2, 0.25) is 5.91 Å². The van der Waals surface area contributed by atoms with E-state index in [1.54, 1.807) is 44.2 Å². The number of nitrogens with one attached hydrogen (secondary N) is 1. The zero-order chi connectivity index (χ0) is 18.7. The van der Waals surface area contributed by atoms with E-state index in [4.69, 9.17) is 0 Å². The molecule has 1 N–H and O–H groups in total. The molecule has 1 aliphatic rings. The van der Waals surface area contributed by atoms with Crippen molar-refractivity contribution >= 4 is 29.1 Å². The van der Waals surface area contributed by atoms with Crippen LogP contribution < -0.4 is 5.32 Å². The second-order valence-electron chi connectivity index (χ2n) is 6.05. The summed E-state index contributed by atoms with van der Waals surface area (Å²) < 4.78 is 1.25. The molecule has 2 heterocycles. The third-order valence-electron chi connectivity index (χ3n) is 3.93. The molecule has 0 unspecified atom stereocenters. The van der Waals surface area contributed by atoms with Gasteiger partial charge < -0.3 is 5.32 Å². The maximum Gasteiger partial charge on any atom is 0.271 e. The smallest absolute Gasteiger partial charge is 0.271 e. The number of carbonyl (C=O) groups excluding carboxylic acids is 3. The Bertz CT molecular complexity index is 885. The topological polar surface area (TPSA) is 96.7 Å². The predicted octanol–water partition coefficient (Wildman–Crippen LogP) is 1.76. The monoisotopic (exact) mass is 353 g/mol. The van der Waals surface area contributed by atoms with E-state index in [1.807, 2.05) is 6.07 Å². The lowest BCUT2D eigenvalue weighted by Gasteiger charge is -2.22. The van der Waals surface area contributed by atoms with Gasteiger partial charge in [0.05, 0.1) is 5.69 Å². The third kappa shape index (κ3) is 3.85. The van der Waals surface area contributed by atoms with Gasteiger partial charge in [-0.1, -0.05) is 18.2 Å². The van der Waals surface area contributed by atoms with Crippen LogP contribution in [0.1, 0.15) is 29.0 Å². The zero-order valence-electron chi connectivity index (χ0n) is 14.6. The van der Waals surface area contributed by atoms with Crippen LogP contribution in [-0.4, -0.2) is 44.8 Å². The number of para-hydroxylation sites is 1. The van der Waals surface area contributed by atoms with Crippen LogP contribution in [0.25, 0.3) is 0 Å². The Balaban J connectivity index is 1.73. The number of aryl methyl sites for hydroxylation is 2. The SMILES string of the molecule is Cc1cc(C)n(C(=O)CN2N=C(C(=O)Nc3ccccc3)CCC2=O)n1. The van der Waals surface area contributed by atoms with Gasteiger partial charge in [-0.2, -0.15) is 10.2 Å². The highest BCUT2D eigenvalue weighted by molar-refractivity contribution is 6.43. The summed E-state index contributed by atoms with van der Waals surface area (Å²) in [4.78, 5) is 36.8. The van der Waals surface area contributed by atoms with Crippen molar-refractivity contribution in [1.82, 2.24) is 14.8 Å². The van der Waals surface area contributed by atoms with Crippen LogP contribution in [0.5, 0.6) is 0 Å². The molecular formula is C18H19N5O3. The van der Waals surface area contributed by atoms with Crippen LogP contribution in [0.4, 0.5) is 5.69 Å². The molecule has 1 aliphatic heterocycles. The lowest BCUT2D eigenvalue weighted by atomic mass is 10.1. The Kier molecular flexibility index (Phi) is 4.92. The highest BCUT2D eigenvalue weighted by Crippen LogP contribution is 2.13. The Morgan fingerprint density at radius 2 is 1.88 bits per heavy atom. The second-order valence-corrected chi connectivity index (χ2v) is 6.05. The second kappa shape index (κ2) is 7.30. The van der Waals surface area contributed by atoms with Gasteiger partial charge in [-0.15, -0.1) is 0 Å². The summed E-state index contributed by atoms with van der Waals surface area (Å²) in [6, 6.07) is 10.8. The Morgan fingerprint density at radius 3 is 2.54 bits per heavy atom. The minimum atomic E-state index is -0.382. The number of amides is 2. The van der Waals surface area contributed by atoms with Crippen LogP contribution in [-0.2, 0) is 9.59 Å². The van der Waals surface area contributed by atoms with Gasteiger partial charge in [0.1, 0.15) is 12.3 Å². The quantitative estimate of drug-likeness (QED) is 0.906. The molecule has 26 heavy (non-hydrogen) atoms. The molecule has 1 aromatic carbocycles. The number of hydrazone groups is 1. The zero-order valence-corrected chi connectivity index (χ0v) is 14.6. The van der Waals surface area contributed by atoms with Crippen molar-refractivity contribution in [2.24, 2.45) is 5.10 Å². The lowest BCUT2D eigenvalue weighted by molar-refractivity contribution is -0.131. The van der Waals surface area contributed by atoms with Crippen molar-refractivity contribution in [2.45, 2.75) is 26.7 Å². The number of anilines is 1. The number of carbonyl (C=O) groups is 3. The third-order valence-corrected chi connectivity index (χ3v) is 3.93.